The van der Waals surface area contributed by atoms with E-state index < -0.39 is 0 Å². The molecule has 1 fully saturated rings. The third-order valence-electron chi connectivity index (χ3n) is 5.87. The molecular weight excluding hydrogens is 390 g/mol. The highest BCUT2D eigenvalue weighted by atomic mass is 16.1. The first-order valence-corrected chi connectivity index (χ1v) is 10.9. The van der Waals surface area contributed by atoms with Gasteiger partial charge in [0.25, 0.3) is 5.56 Å². The van der Waals surface area contributed by atoms with Gasteiger partial charge in [0, 0.05) is 23.2 Å². The van der Waals surface area contributed by atoms with E-state index in [2.05, 4.69) is 46.5 Å². The third-order valence-corrected chi connectivity index (χ3v) is 5.87. The first-order chi connectivity index (χ1) is 14.7. The molecule has 1 N–H and O–H groups in total. The van der Waals surface area contributed by atoms with Crippen LogP contribution in [0.5, 0.6) is 0 Å². The topological polar surface area (TPSA) is 90.5 Å². The van der Waals surface area contributed by atoms with Crippen LogP contribution in [0.15, 0.2) is 35.1 Å². The van der Waals surface area contributed by atoms with Crippen LogP contribution in [0.4, 0.5) is 5.82 Å². The number of hydrogen-bond acceptors (Lipinski definition) is 6. The number of nitrogens with one attached hydrogen (secondary N) is 1. The van der Waals surface area contributed by atoms with Crippen molar-refractivity contribution in [2.45, 2.75) is 77.8 Å². The summed E-state index contributed by atoms with van der Waals surface area (Å²) in [6.07, 6.45) is 3.68. The molecule has 3 heterocycles. The lowest BCUT2D eigenvalue weighted by Crippen LogP contribution is -2.34. The van der Waals surface area contributed by atoms with E-state index >= 15 is 0 Å². The molecule has 0 atom stereocenters. The highest BCUT2D eigenvalue weighted by Crippen LogP contribution is 2.29. The fraction of sp³-hybridized carbons (Fsp3) is 0.522. The average Bonchev–Trinajstić information content (AvgIpc) is 3.07. The quantitative estimate of drug-likeness (QED) is 0.690. The summed E-state index contributed by atoms with van der Waals surface area (Å²) in [5.74, 6) is 1.48. The van der Waals surface area contributed by atoms with Gasteiger partial charge in [-0.1, -0.05) is 20.8 Å². The van der Waals surface area contributed by atoms with Crippen molar-refractivity contribution in [1.29, 1.82) is 0 Å². The predicted octanol–water partition coefficient (Wildman–Crippen LogP) is 3.73. The number of hydrogen-bond donors (Lipinski definition) is 1. The summed E-state index contributed by atoms with van der Waals surface area (Å²) in [6, 6.07) is 9.79. The Hall–Kier alpha value is -3.03. The van der Waals surface area contributed by atoms with Crippen LogP contribution >= 0.6 is 0 Å². The Morgan fingerprint density at radius 2 is 1.71 bits per heavy atom. The van der Waals surface area contributed by atoms with E-state index in [1.165, 1.54) is 0 Å². The van der Waals surface area contributed by atoms with Gasteiger partial charge in [-0.3, -0.25) is 4.79 Å². The molecule has 3 aromatic heterocycles. The van der Waals surface area contributed by atoms with E-state index in [4.69, 9.17) is 0 Å². The van der Waals surface area contributed by atoms with E-state index in [1.807, 2.05) is 32.0 Å². The summed E-state index contributed by atoms with van der Waals surface area (Å²) >= 11 is 0. The molecular formula is C23H31N7O. The van der Waals surface area contributed by atoms with Crippen LogP contribution in [0.3, 0.4) is 0 Å². The molecule has 4 rings (SSSR count). The van der Waals surface area contributed by atoms with Crippen molar-refractivity contribution in [2.75, 3.05) is 5.32 Å². The second kappa shape index (κ2) is 8.24. The normalized spacial score (nSPS) is 19.4. The molecule has 0 saturated heterocycles. The van der Waals surface area contributed by atoms with Crippen LogP contribution in [0.2, 0.25) is 0 Å². The lowest BCUT2D eigenvalue weighted by molar-refractivity contribution is 0.302. The molecule has 0 aromatic carbocycles. The number of aromatic nitrogens is 6. The predicted molar refractivity (Wildman–Crippen MR) is 121 cm³/mol. The summed E-state index contributed by atoms with van der Waals surface area (Å²) in [5.41, 5.74) is 2.84. The van der Waals surface area contributed by atoms with Crippen LogP contribution in [0, 0.1) is 13.8 Å². The third kappa shape index (κ3) is 4.68. The van der Waals surface area contributed by atoms with Gasteiger partial charge in [0.05, 0.1) is 17.4 Å². The Morgan fingerprint density at radius 1 is 0.968 bits per heavy atom. The van der Waals surface area contributed by atoms with E-state index in [-0.39, 0.29) is 17.0 Å². The molecule has 1 saturated carbocycles. The van der Waals surface area contributed by atoms with Crippen molar-refractivity contribution in [3.05, 3.63) is 57.8 Å². The van der Waals surface area contributed by atoms with E-state index in [0.717, 1.165) is 48.6 Å². The Labute approximate surface area is 182 Å². The molecule has 1 aliphatic rings. The fourth-order valence-corrected chi connectivity index (χ4v) is 4.13. The Balaban J connectivity index is 1.42. The SMILES string of the molecule is Cc1cc(C)n(-c2ccc(=O)n(C3CCC(Nc4ccc(C(C)(C)C)nn4)CC3)n2)n1. The van der Waals surface area contributed by atoms with Gasteiger partial charge in [-0.25, -0.2) is 9.36 Å². The molecule has 3 aromatic rings. The zero-order valence-corrected chi connectivity index (χ0v) is 19.0. The van der Waals surface area contributed by atoms with Crippen LogP contribution in [0.1, 0.15) is 69.6 Å². The van der Waals surface area contributed by atoms with Gasteiger partial charge in [0.2, 0.25) is 0 Å². The van der Waals surface area contributed by atoms with Crippen LogP contribution in [-0.4, -0.2) is 35.8 Å². The van der Waals surface area contributed by atoms with Gasteiger partial charge in [-0.15, -0.1) is 10.2 Å². The molecule has 8 heteroatoms. The van der Waals surface area contributed by atoms with Gasteiger partial charge in [0.15, 0.2) is 5.82 Å². The largest absolute Gasteiger partial charge is 0.366 e. The number of aryl methyl sites for hydroxylation is 2. The van der Waals surface area contributed by atoms with Crippen molar-refractivity contribution in [2.24, 2.45) is 0 Å². The lowest BCUT2D eigenvalue weighted by Gasteiger charge is -2.30. The maximum Gasteiger partial charge on any atom is 0.267 e. The Morgan fingerprint density at radius 3 is 2.29 bits per heavy atom. The summed E-state index contributed by atoms with van der Waals surface area (Å²) < 4.78 is 3.43. The second-order valence-corrected chi connectivity index (χ2v) is 9.52. The van der Waals surface area contributed by atoms with Crippen molar-refractivity contribution >= 4 is 5.82 Å². The number of anilines is 1. The lowest BCUT2D eigenvalue weighted by atomic mass is 9.91. The molecule has 164 valence electrons. The summed E-state index contributed by atoms with van der Waals surface area (Å²) in [7, 11) is 0. The second-order valence-electron chi connectivity index (χ2n) is 9.52. The molecule has 0 radical (unpaired) electrons. The van der Waals surface area contributed by atoms with Crippen molar-refractivity contribution < 1.29 is 0 Å². The molecule has 8 nitrogen and oxygen atoms in total. The minimum atomic E-state index is -0.0645. The van der Waals surface area contributed by atoms with Gasteiger partial charge in [-0.2, -0.15) is 10.2 Å². The standard InChI is InChI=1S/C23H31N7O/c1-15-14-16(2)29(27-15)21-12-13-22(31)30(28-21)18-8-6-17(7-9-18)24-20-11-10-19(25-26-20)23(3,4)5/h10-14,17-18H,6-9H2,1-5H3,(H,24,26). The van der Waals surface area contributed by atoms with Gasteiger partial charge in [-0.05, 0) is 63.8 Å². The highest BCUT2D eigenvalue weighted by molar-refractivity contribution is 5.35. The highest BCUT2D eigenvalue weighted by Gasteiger charge is 2.25. The summed E-state index contributed by atoms with van der Waals surface area (Å²) in [6.45, 7) is 10.3. The summed E-state index contributed by atoms with van der Waals surface area (Å²) in [4.78, 5) is 12.5. The Bertz CT molecular complexity index is 1100. The first-order valence-electron chi connectivity index (χ1n) is 10.9. The van der Waals surface area contributed by atoms with E-state index in [0.29, 0.717) is 11.9 Å². The molecule has 0 amide bonds. The first kappa shape index (κ1) is 21.2. The number of nitrogens with zero attached hydrogens (tertiary/aromatic N) is 6. The zero-order valence-electron chi connectivity index (χ0n) is 19.0. The van der Waals surface area contributed by atoms with Crippen molar-refractivity contribution in [3.63, 3.8) is 0 Å². The van der Waals surface area contributed by atoms with E-state index in [9.17, 15) is 4.79 Å². The number of rotatable bonds is 4. The zero-order chi connectivity index (χ0) is 22.2. The maximum absolute atomic E-state index is 12.5. The van der Waals surface area contributed by atoms with E-state index in [1.54, 1.807) is 21.5 Å². The molecule has 0 unspecified atom stereocenters. The monoisotopic (exact) mass is 421 g/mol. The fourth-order valence-electron chi connectivity index (χ4n) is 4.13. The molecule has 1 aliphatic carbocycles. The van der Waals surface area contributed by atoms with Crippen LogP contribution in [0.25, 0.3) is 5.82 Å². The molecule has 0 aliphatic heterocycles. The molecule has 0 spiro atoms. The van der Waals surface area contributed by atoms with Gasteiger partial charge >= 0.3 is 0 Å². The maximum atomic E-state index is 12.5. The molecule has 0 bridgehead atoms. The molecule has 31 heavy (non-hydrogen) atoms. The smallest absolute Gasteiger partial charge is 0.267 e. The van der Waals surface area contributed by atoms with Gasteiger partial charge < -0.3 is 5.32 Å². The van der Waals surface area contributed by atoms with Crippen molar-refractivity contribution in [3.8, 4) is 5.82 Å². The van der Waals surface area contributed by atoms with Crippen LogP contribution in [-0.2, 0) is 5.41 Å². The minimum Gasteiger partial charge on any atom is -0.366 e. The van der Waals surface area contributed by atoms with Crippen molar-refractivity contribution in [1.82, 2.24) is 29.8 Å². The average molecular weight is 422 g/mol. The van der Waals surface area contributed by atoms with Gasteiger partial charge in [0.1, 0.15) is 5.82 Å². The Kier molecular flexibility index (Phi) is 5.64. The minimum absolute atomic E-state index is 0.00814. The summed E-state index contributed by atoms with van der Waals surface area (Å²) in [5, 5.41) is 21.3. The van der Waals surface area contributed by atoms with Crippen LogP contribution < -0.4 is 10.9 Å².